The predicted molar refractivity (Wildman–Crippen MR) is 61.6 cm³/mol. The topological polar surface area (TPSA) is 0 Å². The molecule has 13 heavy (non-hydrogen) atoms. The van der Waals surface area contributed by atoms with Gasteiger partial charge in [0.25, 0.3) is 0 Å². The Hall–Kier alpha value is -1.24. The van der Waals surface area contributed by atoms with Crippen molar-refractivity contribution >= 4 is 24.1 Å². The molecule has 2 aromatic rings. The van der Waals surface area contributed by atoms with E-state index in [1.807, 2.05) is 0 Å². The van der Waals surface area contributed by atoms with Crippen molar-refractivity contribution in [1.29, 1.82) is 0 Å². The Morgan fingerprint density at radius 3 is 2.38 bits per heavy atom. The summed E-state index contributed by atoms with van der Waals surface area (Å²) < 4.78 is 0. The molecule has 0 amide bonds. The third kappa shape index (κ3) is 1.25. The second kappa shape index (κ2) is 2.92. The summed E-state index contributed by atoms with van der Waals surface area (Å²) in [4.78, 5) is 0. The van der Waals surface area contributed by atoms with Gasteiger partial charge in [-0.3, -0.25) is 0 Å². The highest BCUT2D eigenvalue weighted by atomic mass is 14.0. The Labute approximate surface area is 80.0 Å². The van der Waals surface area contributed by atoms with Gasteiger partial charge < -0.3 is 0 Å². The molecule has 0 fully saturated rings. The van der Waals surface area contributed by atoms with Gasteiger partial charge in [0.15, 0.2) is 0 Å². The zero-order valence-electron chi connectivity index (χ0n) is 8.39. The molecule has 0 unspecified atom stereocenters. The van der Waals surface area contributed by atoms with E-state index in [0.717, 1.165) is 0 Å². The normalized spacial score (nSPS) is 10.6. The van der Waals surface area contributed by atoms with Gasteiger partial charge in [-0.05, 0) is 35.7 Å². The minimum atomic E-state index is 1.37. The number of rotatable bonds is 0. The van der Waals surface area contributed by atoms with Gasteiger partial charge in [-0.25, -0.2) is 0 Å². The maximum atomic E-state index is 2.20. The van der Waals surface area contributed by atoms with Crippen molar-refractivity contribution in [2.24, 2.45) is 0 Å². The van der Waals surface area contributed by atoms with E-state index in [9.17, 15) is 0 Å². The molecule has 0 nitrogen and oxygen atoms in total. The van der Waals surface area contributed by atoms with E-state index in [0.29, 0.717) is 0 Å². The van der Waals surface area contributed by atoms with Crippen molar-refractivity contribution < 1.29 is 0 Å². The molecule has 1 heteroatoms. The lowest BCUT2D eigenvalue weighted by molar-refractivity contribution is 1.49. The van der Waals surface area contributed by atoms with Crippen LogP contribution in [0.5, 0.6) is 0 Å². The van der Waals surface area contributed by atoms with E-state index < -0.39 is 0 Å². The summed E-state index contributed by atoms with van der Waals surface area (Å²) in [6.45, 7) is 4.34. The number of fused-ring (bicyclic) bond motifs is 1. The maximum absolute atomic E-state index is 2.20. The molecule has 2 rings (SSSR count). The van der Waals surface area contributed by atoms with Gasteiger partial charge in [0, 0.05) is 0 Å². The quantitative estimate of drug-likeness (QED) is 0.525. The third-order valence-electron chi connectivity index (χ3n) is 2.68. The molecule has 64 valence electrons. The number of hydrogen-bond acceptors (Lipinski definition) is 0. The molecule has 0 spiro atoms. The van der Waals surface area contributed by atoms with Crippen LogP contribution in [0, 0.1) is 13.8 Å². The Morgan fingerprint density at radius 1 is 0.923 bits per heavy atom. The minimum absolute atomic E-state index is 1.37. The van der Waals surface area contributed by atoms with Crippen LogP contribution in [0.15, 0.2) is 30.3 Å². The average molecular weight is 168 g/mol. The lowest BCUT2D eigenvalue weighted by Gasteiger charge is -2.07. The summed E-state index contributed by atoms with van der Waals surface area (Å²) in [5, 5.41) is 2.81. The van der Waals surface area contributed by atoms with Crippen molar-refractivity contribution in [2.45, 2.75) is 13.8 Å². The van der Waals surface area contributed by atoms with Crippen LogP contribution in [0.1, 0.15) is 11.1 Å². The van der Waals surface area contributed by atoms with Crippen LogP contribution in [0.3, 0.4) is 0 Å². The number of hydrogen-bond donors (Lipinski definition) is 0. The van der Waals surface area contributed by atoms with Crippen LogP contribution < -0.4 is 5.46 Å². The molecule has 0 saturated heterocycles. The van der Waals surface area contributed by atoms with Crippen LogP contribution in [0.2, 0.25) is 0 Å². The molecule has 2 aromatic carbocycles. The molecule has 0 heterocycles. The standard InChI is InChI=1S/C12H13B/c1-8-6-7-11(13)12-9(2)4-3-5-10(8)12/h3-7H,13H2,1-2H3. The molecule has 0 radical (unpaired) electrons. The maximum Gasteiger partial charge on any atom is 0.140 e. The second-order valence-electron chi connectivity index (χ2n) is 3.70. The summed E-state index contributed by atoms with van der Waals surface area (Å²) in [6, 6.07) is 10.9. The summed E-state index contributed by atoms with van der Waals surface area (Å²) in [5.74, 6) is 0. The van der Waals surface area contributed by atoms with Crippen molar-refractivity contribution in [3.8, 4) is 0 Å². The van der Waals surface area contributed by atoms with Gasteiger partial charge in [-0.1, -0.05) is 35.8 Å². The molecule has 0 aromatic heterocycles. The first-order chi connectivity index (χ1) is 6.20. The first-order valence-electron chi connectivity index (χ1n) is 4.65. The van der Waals surface area contributed by atoms with Crippen LogP contribution in [0.4, 0.5) is 0 Å². The lowest BCUT2D eigenvalue weighted by Crippen LogP contribution is -2.05. The van der Waals surface area contributed by atoms with E-state index in [2.05, 4.69) is 52.0 Å². The summed E-state index contributed by atoms with van der Waals surface area (Å²) in [7, 11) is 2.18. The minimum Gasteiger partial charge on any atom is -0.0810 e. The van der Waals surface area contributed by atoms with E-state index in [1.54, 1.807) is 0 Å². The van der Waals surface area contributed by atoms with Gasteiger partial charge >= 0.3 is 0 Å². The van der Waals surface area contributed by atoms with Gasteiger partial charge in [0.1, 0.15) is 7.85 Å². The van der Waals surface area contributed by atoms with Gasteiger partial charge in [-0.15, -0.1) is 0 Å². The van der Waals surface area contributed by atoms with Crippen molar-refractivity contribution in [1.82, 2.24) is 0 Å². The Morgan fingerprint density at radius 2 is 1.69 bits per heavy atom. The van der Waals surface area contributed by atoms with Crippen molar-refractivity contribution in [3.63, 3.8) is 0 Å². The molecule has 0 saturated carbocycles. The fraction of sp³-hybridized carbons (Fsp3) is 0.167. The molecule has 0 atom stereocenters. The van der Waals surface area contributed by atoms with Gasteiger partial charge in [0.2, 0.25) is 0 Å². The highest BCUT2D eigenvalue weighted by Crippen LogP contribution is 2.18. The monoisotopic (exact) mass is 168 g/mol. The molecule has 0 bridgehead atoms. The zero-order valence-corrected chi connectivity index (χ0v) is 8.39. The highest BCUT2D eigenvalue weighted by Gasteiger charge is 2.01. The van der Waals surface area contributed by atoms with E-state index >= 15 is 0 Å². The number of benzene rings is 2. The number of aryl methyl sites for hydroxylation is 2. The predicted octanol–water partition coefficient (Wildman–Crippen LogP) is 1.72. The Kier molecular flexibility index (Phi) is 1.88. The summed E-state index contributed by atoms with van der Waals surface area (Å²) >= 11 is 0. The average Bonchev–Trinajstić information content (AvgIpc) is 2.12. The van der Waals surface area contributed by atoms with Crippen LogP contribution in [-0.2, 0) is 0 Å². The Balaban J connectivity index is 3.00. The Bertz CT molecular complexity index is 450. The lowest BCUT2D eigenvalue weighted by atomic mass is 9.86. The van der Waals surface area contributed by atoms with Crippen LogP contribution in [-0.4, -0.2) is 7.85 Å². The molecule has 0 aliphatic heterocycles. The molecule has 0 aliphatic rings. The van der Waals surface area contributed by atoms with Crippen molar-refractivity contribution in [2.75, 3.05) is 0 Å². The summed E-state index contributed by atoms with van der Waals surface area (Å²) in [5.41, 5.74) is 4.11. The smallest absolute Gasteiger partial charge is 0.0810 e. The van der Waals surface area contributed by atoms with Gasteiger partial charge in [0.05, 0.1) is 0 Å². The van der Waals surface area contributed by atoms with E-state index in [1.165, 1.54) is 27.4 Å². The van der Waals surface area contributed by atoms with Crippen molar-refractivity contribution in [3.05, 3.63) is 41.5 Å². The zero-order chi connectivity index (χ0) is 9.42. The SMILES string of the molecule is Bc1ccc(C)c2cccc(C)c12. The summed E-state index contributed by atoms with van der Waals surface area (Å²) in [6.07, 6.45) is 0. The van der Waals surface area contributed by atoms with Crippen LogP contribution in [0.25, 0.3) is 10.8 Å². The molecular formula is C12H13B. The third-order valence-corrected chi connectivity index (χ3v) is 2.68. The first-order valence-corrected chi connectivity index (χ1v) is 4.65. The van der Waals surface area contributed by atoms with E-state index in [-0.39, 0.29) is 0 Å². The van der Waals surface area contributed by atoms with Crippen LogP contribution >= 0.6 is 0 Å². The van der Waals surface area contributed by atoms with Gasteiger partial charge in [-0.2, -0.15) is 0 Å². The fourth-order valence-electron chi connectivity index (χ4n) is 1.94. The second-order valence-corrected chi connectivity index (χ2v) is 3.70. The fourth-order valence-corrected chi connectivity index (χ4v) is 1.94. The van der Waals surface area contributed by atoms with E-state index in [4.69, 9.17) is 0 Å². The molecule has 0 N–H and O–H groups in total. The first kappa shape index (κ1) is 8.37. The molecular weight excluding hydrogens is 155 g/mol. The highest BCUT2D eigenvalue weighted by molar-refractivity contribution is 6.39. The molecule has 0 aliphatic carbocycles. The largest absolute Gasteiger partial charge is 0.140 e.